The quantitative estimate of drug-likeness (QED) is 0.676. The molecule has 1 N–H and O–H groups in total. The lowest BCUT2D eigenvalue weighted by atomic mass is 10.1. The Kier molecular flexibility index (Phi) is 6.04. The fourth-order valence-electron chi connectivity index (χ4n) is 3.04. The van der Waals surface area contributed by atoms with Gasteiger partial charge >= 0.3 is 5.97 Å². The van der Waals surface area contributed by atoms with E-state index in [-0.39, 0.29) is 28.4 Å². The van der Waals surface area contributed by atoms with E-state index in [0.717, 1.165) is 5.56 Å². The molecule has 8 nitrogen and oxygen atoms in total. The van der Waals surface area contributed by atoms with Crippen molar-refractivity contribution in [1.29, 1.82) is 0 Å². The van der Waals surface area contributed by atoms with Crippen LogP contribution in [0.5, 0.6) is 0 Å². The summed E-state index contributed by atoms with van der Waals surface area (Å²) in [7, 11) is -4.02. The molecule has 0 saturated heterocycles. The minimum absolute atomic E-state index is 0.00427. The number of carbonyl (C=O) groups is 3. The van der Waals surface area contributed by atoms with Gasteiger partial charge in [-0.2, -0.15) is 4.72 Å². The Morgan fingerprint density at radius 1 is 1.00 bits per heavy atom. The van der Waals surface area contributed by atoms with Crippen LogP contribution in [0.25, 0.3) is 0 Å². The number of hydrogen-bond acceptors (Lipinski definition) is 6. The molecule has 0 bridgehead atoms. The van der Waals surface area contributed by atoms with E-state index in [1.165, 1.54) is 24.3 Å². The lowest BCUT2D eigenvalue weighted by molar-refractivity contribution is -0.171. The molecule has 158 valence electrons. The maximum Gasteiger partial charge on any atom is 0.351 e. The normalized spacial score (nSPS) is 14.7. The van der Waals surface area contributed by atoms with Gasteiger partial charge in [-0.05, 0) is 43.5 Å². The van der Waals surface area contributed by atoms with Crippen molar-refractivity contribution in [1.82, 2.24) is 9.79 Å². The second-order valence-corrected chi connectivity index (χ2v) is 9.19. The van der Waals surface area contributed by atoms with E-state index in [1.807, 2.05) is 20.8 Å². The van der Waals surface area contributed by atoms with Crippen molar-refractivity contribution < 1.29 is 27.6 Å². The van der Waals surface area contributed by atoms with Crippen molar-refractivity contribution in [2.24, 2.45) is 5.92 Å². The molecule has 1 aliphatic rings. The Morgan fingerprint density at radius 3 is 2.03 bits per heavy atom. The van der Waals surface area contributed by atoms with Gasteiger partial charge in [-0.3, -0.25) is 9.59 Å². The number of hydrogen-bond donors (Lipinski definition) is 1. The van der Waals surface area contributed by atoms with Gasteiger partial charge in [-0.25, -0.2) is 13.2 Å². The van der Waals surface area contributed by atoms with E-state index < -0.39 is 33.8 Å². The number of amides is 2. The van der Waals surface area contributed by atoms with Gasteiger partial charge in [-0.1, -0.05) is 48.7 Å². The minimum atomic E-state index is -4.02. The van der Waals surface area contributed by atoms with Crippen molar-refractivity contribution in [3.63, 3.8) is 0 Å². The van der Waals surface area contributed by atoms with Crippen molar-refractivity contribution >= 4 is 27.8 Å². The Balaban J connectivity index is 1.80. The van der Waals surface area contributed by atoms with Crippen molar-refractivity contribution in [2.45, 2.75) is 38.1 Å². The molecule has 1 aliphatic heterocycles. The number of sulfonamides is 1. The van der Waals surface area contributed by atoms with Gasteiger partial charge in [0.2, 0.25) is 10.0 Å². The van der Waals surface area contributed by atoms with Gasteiger partial charge in [-0.15, -0.1) is 0 Å². The van der Waals surface area contributed by atoms with E-state index in [9.17, 15) is 22.8 Å². The highest BCUT2D eigenvalue weighted by Gasteiger charge is 2.40. The third kappa shape index (κ3) is 4.42. The van der Waals surface area contributed by atoms with Crippen molar-refractivity contribution in [2.75, 3.05) is 0 Å². The van der Waals surface area contributed by atoms with Crippen LogP contribution in [0, 0.1) is 12.8 Å². The zero-order valence-electron chi connectivity index (χ0n) is 16.8. The number of carbonyl (C=O) groups excluding carboxylic acids is 3. The number of rotatable bonds is 7. The second kappa shape index (κ2) is 8.37. The summed E-state index contributed by atoms with van der Waals surface area (Å²) in [6.45, 7) is 5.44. The molecule has 0 radical (unpaired) electrons. The Morgan fingerprint density at radius 2 is 1.53 bits per heavy atom. The summed E-state index contributed by atoms with van der Waals surface area (Å²) in [4.78, 5) is 42.6. The van der Waals surface area contributed by atoms with Crippen LogP contribution in [-0.4, -0.2) is 37.3 Å². The van der Waals surface area contributed by atoms with Gasteiger partial charge in [0.05, 0.1) is 16.0 Å². The van der Waals surface area contributed by atoms with Crippen LogP contribution in [-0.2, 0) is 19.7 Å². The van der Waals surface area contributed by atoms with Crippen LogP contribution in [0.15, 0.2) is 53.4 Å². The first-order chi connectivity index (χ1) is 14.1. The number of imide groups is 1. The Hall–Kier alpha value is -3.04. The van der Waals surface area contributed by atoms with Crippen LogP contribution >= 0.6 is 0 Å². The fourth-order valence-corrected chi connectivity index (χ4v) is 4.24. The third-order valence-corrected chi connectivity index (χ3v) is 6.05. The fraction of sp³-hybridized carbons (Fsp3) is 0.286. The molecule has 0 aromatic heterocycles. The molecule has 9 heteroatoms. The molecule has 2 aromatic rings. The zero-order valence-corrected chi connectivity index (χ0v) is 17.6. The maximum atomic E-state index is 12.7. The molecule has 30 heavy (non-hydrogen) atoms. The van der Waals surface area contributed by atoms with E-state index in [0.29, 0.717) is 5.06 Å². The summed E-state index contributed by atoms with van der Waals surface area (Å²) < 4.78 is 27.8. The number of aryl methyl sites for hydroxylation is 1. The summed E-state index contributed by atoms with van der Waals surface area (Å²) in [6, 6.07) is 11.0. The summed E-state index contributed by atoms with van der Waals surface area (Å²) >= 11 is 0. The van der Waals surface area contributed by atoms with E-state index >= 15 is 0 Å². The predicted octanol–water partition coefficient (Wildman–Crippen LogP) is 2.44. The Bertz CT molecular complexity index is 1060. The molecule has 0 aliphatic carbocycles. The molecule has 1 heterocycles. The van der Waals surface area contributed by atoms with Crippen LogP contribution in [0.4, 0.5) is 0 Å². The molecular formula is C21H22N2O6S. The zero-order chi connectivity index (χ0) is 22.1. The lowest BCUT2D eigenvalue weighted by Crippen LogP contribution is -2.46. The summed E-state index contributed by atoms with van der Waals surface area (Å²) in [5, 5.41) is 0.375. The largest absolute Gasteiger partial charge is 0.351 e. The van der Waals surface area contributed by atoms with Gasteiger partial charge in [0.1, 0.15) is 6.04 Å². The first-order valence-electron chi connectivity index (χ1n) is 9.39. The second-order valence-electron chi connectivity index (χ2n) is 7.48. The van der Waals surface area contributed by atoms with Crippen LogP contribution in [0.2, 0.25) is 0 Å². The monoisotopic (exact) mass is 430 g/mol. The number of fused-ring (bicyclic) bond motifs is 1. The first-order valence-corrected chi connectivity index (χ1v) is 10.9. The third-order valence-electron chi connectivity index (χ3n) is 4.56. The minimum Gasteiger partial charge on any atom is -0.328 e. The van der Waals surface area contributed by atoms with Crippen molar-refractivity contribution in [3.05, 3.63) is 65.2 Å². The molecule has 2 aromatic carbocycles. The Labute approximate surface area is 174 Å². The number of hydroxylamine groups is 2. The first kappa shape index (κ1) is 21.7. The molecule has 0 spiro atoms. The number of nitrogens with zero attached hydrogens (tertiary/aromatic N) is 1. The molecule has 0 saturated carbocycles. The smallest absolute Gasteiger partial charge is 0.328 e. The highest BCUT2D eigenvalue weighted by molar-refractivity contribution is 7.89. The average molecular weight is 430 g/mol. The summed E-state index contributed by atoms with van der Waals surface area (Å²) in [6.07, 6.45) is 0.118. The molecule has 2 amide bonds. The van der Waals surface area contributed by atoms with E-state index in [2.05, 4.69) is 4.72 Å². The number of nitrogens with one attached hydrogen (secondary N) is 1. The van der Waals surface area contributed by atoms with E-state index in [4.69, 9.17) is 4.84 Å². The molecule has 3 rings (SSSR count). The highest BCUT2D eigenvalue weighted by Crippen LogP contribution is 2.23. The SMILES string of the molecule is Cc1ccc(S(=O)(=O)N[C@@H](CC(C)C)C(=O)ON2C(=O)c3ccccc3C2=O)cc1. The van der Waals surface area contributed by atoms with Crippen molar-refractivity contribution in [3.8, 4) is 0 Å². The summed E-state index contributed by atoms with van der Waals surface area (Å²) in [5.74, 6) is -2.64. The molecule has 1 atom stereocenters. The van der Waals surface area contributed by atoms with Gasteiger partial charge in [0.25, 0.3) is 11.8 Å². The van der Waals surface area contributed by atoms with Gasteiger partial charge in [0, 0.05) is 0 Å². The van der Waals surface area contributed by atoms with Crippen LogP contribution < -0.4 is 4.72 Å². The molecule has 0 fully saturated rings. The highest BCUT2D eigenvalue weighted by atomic mass is 32.2. The number of benzene rings is 2. The summed E-state index contributed by atoms with van der Waals surface area (Å²) in [5.41, 5.74) is 1.13. The van der Waals surface area contributed by atoms with Crippen LogP contribution in [0.1, 0.15) is 46.5 Å². The standard InChI is InChI=1S/C21H22N2O6S/c1-13(2)12-18(22-30(27,28)15-10-8-14(3)9-11-15)21(26)29-23-19(24)16-6-4-5-7-17(16)20(23)25/h4-11,13,18,22H,12H2,1-3H3/t18-/m0/s1. The van der Waals surface area contributed by atoms with Gasteiger partial charge < -0.3 is 4.84 Å². The lowest BCUT2D eigenvalue weighted by Gasteiger charge is -2.21. The molecule has 0 unspecified atom stereocenters. The molecular weight excluding hydrogens is 408 g/mol. The maximum absolute atomic E-state index is 12.7. The van der Waals surface area contributed by atoms with E-state index in [1.54, 1.807) is 24.3 Å². The van der Waals surface area contributed by atoms with Gasteiger partial charge in [0.15, 0.2) is 0 Å². The average Bonchev–Trinajstić information content (AvgIpc) is 2.92. The van der Waals surface area contributed by atoms with Crippen LogP contribution in [0.3, 0.4) is 0 Å². The topological polar surface area (TPSA) is 110 Å². The predicted molar refractivity (Wildman–Crippen MR) is 108 cm³/mol.